The monoisotopic (exact) mass is 1000 g/mol. The molecule has 0 heterocycles. The van der Waals surface area contributed by atoms with E-state index in [0.717, 1.165) is 32.1 Å². The molecule has 1 N–H and O–H groups in total. The molecule has 0 aromatic heterocycles. The topological polar surface area (TPSA) is 72.8 Å². The summed E-state index contributed by atoms with van der Waals surface area (Å²) in [7, 11) is 0. The Balaban J connectivity index is 3.32. The van der Waals surface area contributed by atoms with Crippen molar-refractivity contribution >= 4 is 11.9 Å². The summed E-state index contributed by atoms with van der Waals surface area (Å²) < 4.78 is 10.7. The maximum atomic E-state index is 12.3. The van der Waals surface area contributed by atoms with Crippen LogP contribution in [0.5, 0.6) is 0 Å². The second kappa shape index (κ2) is 63.2. The lowest BCUT2D eigenvalue weighted by molar-refractivity contribution is -0.161. The van der Waals surface area contributed by atoms with Gasteiger partial charge in [0.2, 0.25) is 0 Å². The first-order valence-corrected chi connectivity index (χ1v) is 33.1. The highest BCUT2D eigenvalue weighted by Crippen LogP contribution is 2.19. The van der Waals surface area contributed by atoms with Gasteiger partial charge in [0.25, 0.3) is 0 Å². The highest BCUT2D eigenvalue weighted by molar-refractivity contribution is 5.70. The van der Waals surface area contributed by atoms with Crippen LogP contribution in [-0.2, 0) is 19.1 Å². The maximum Gasteiger partial charge on any atom is 0.306 e. The number of unbranched alkanes of at least 4 members (excludes halogenated alkanes) is 55. The molecule has 0 radical (unpaired) electrons. The van der Waals surface area contributed by atoms with Gasteiger partial charge in [0.15, 0.2) is 6.10 Å². The van der Waals surface area contributed by atoms with Crippen molar-refractivity contribution in [2.75, 3.05) is 13.2 Å². The summed E-state index contributed by atoms with van der Waals surface area (Å²) in [5, 5.41) is 9.67. The van der Waals surface area contributed by atoms with Crippen molar-refractivity contribution in [1.82, 2.24) is 0 Å². The lowest BCUT2D eigenvalue weighted by Gasteiger charge is -2.15. The number of rotatable bonds is 63. The summed E-state index contributed by atoms with van der Waals surface area (Å²) in [4.78, 5) is 24.5. The third-order valence-electron chi connectivity index (χ3n) is 15.7. The second-order valence-corrected chi connectivity index (χ2v) is 22.9. The van der Waals surface area contributed by atoms with Crippen molar-refractivity contribution in [3.8, 4) is 0 Å². The molecule has 5 heteroatoms. The Morgan fingerprint density at radius 2 is 0.437 bits per heavy atom. The summed E-state index contributed by atoms with van der Waals surface area (Å²) in [6, 6.07) is 0. The number of esters is 2. The first-order valence-electron chi connectivity index (χ1n) is 33.1. The van der Waals surface area contributed by atoms with Crippen LogP contribution in [0.2, 0.25) is 0 Å². The number of carbonyl (C=O) groups is 2. The van der Waals surface area contributed by atoms with Crippen molar-refractivity contribution < 1.29 is 24.2 Å². The Kier molecular flexibility index (Phi) is 62.2. The van der Waals surface area contributed by atoms with E-state index in [4.69, 9.17) is 9.47 Å². The van der Waals surface area contributed by atoms with Crippen LogP contribution in [0, 0.1) is 0 Å². The second-order valence-electron chi connectivity index (χ2n) is 22.9. The molecule has 1 unspecified atom stereocenters. The van der Waals surface area contributed by atoms with Crippen molar-refractivity contribution in [2.24, 2.45) is 0 Å². The van der Waals surface area contributed by atoms with Crippen LogP contribution in [0.15, 0.2) is 0 Å². The lowest BCUT2D eigenvalue weighted by Crippen LogP contribution is -2.28. The Labute approximate surface area is 446 Å². The maximum absolute atomic E-state index is 12.3. The van der Waals surface area contributed by atoms with E-state index >= 15 is 0 Å². The van der Waals surface area contributed by atoms with E-state index in [-0.39, 0.29) is 25.2 Å². The van der Waals surface area contributed by atoms with E-state index in [0.29, 0.717) is 12.8 Å². The molecule has 424 valence electrons. The van der Waals surface area contributed by atoms with Gasteiger partial charge in [0.05, 0.1) is 6.61 Å². The van der Waals surface area contributed by atoms with Gasteiger partial charge in [-0.2, -0.15) is 0 Å². The molecule has 0 bridgehead atoms. The molecule has 0 fully saturated rings. The van der Waals surface area contributed by atoms with Gasteiger partial charge in [-0.1, -0.05) is 367 Å². The van der Waals surface area contributed by atoms with E-state index in [1.54, 1.807) is 0 Å². The van der Waals surface area contributed by atoms with Crippen LogP contribution in [0.25, 0.3) is 0 Å². The van der Waals surface area contributed by atoms with Gasteiger partial charge < -0.3 is 14.6 Å². The SMILES string of the molecule is CCCCCCCCCCCCCCCCCCCCCCCCCCCCCCCCCCCCCCCCCC(=O)OC(CO)COC(=O)CCCCCCCCCCCCCCCCCCCC. The number of aliphatic hydroxyl groups is 1. The van der Waals surface area contributed by atoms with Gasteiger partial charge in [-0.3, -0.25) is 9.59 Å². The van der Waals surface area contributed by atoms with Gasteiger partial charge in [-0.05, 0) is 12.8 Å². The minimum Gasteiger partial charge on any atom is -0.462 e. The molecular formula is C66H130O5. The summed E-state index contributed by atoms with van der Waals surface area (Å²) in [6.45, 7) is 4.21. The highest BCUT2D eigenvalue weighted by atomic mass is 16.6. The molecule has 0 aromatic carbocycles. The number of aliphatic hydroxyl groups excluding tert-OH is 1. The van der Waals surface area contributed by atoms with E-state index in [1.807, 2.05) is 0 Å². The zero-order valence-electron chi connectivity index (χ0n) is 48.8. The first kappa shape index (κ1) is 69.9. The fourth-order valence-electron chi connectivity index (χ4n) is 10.7. The van der Waals surface area contributed by atoms with Crippen LogP contribution in [0.1, 0.15) is 393 Å². The Morgan fingerprint density at radius 1 is 0.268 bits per heavy atom. The Hall–Kier alpha value is -1.10. The zero-order chi connectivity index (χ0) is 51.3. The zero-order valence-corrected chi connectivity index (χ0v) is 48.8. The van der Waals surface area contributed by atoms with E-state index in [2.05, 4.69) is 13.8 Å². The minimum atomic E-state index is -0.764. The third-order valence-corrected chi connectivity index (χ3v) is 15.7. The number of carbonyl (C=O) groups excluding carboxylic acids is 2. The van der Waals surface area contributed by atoms with E-state index in [9.17, 15) is 14.7 Å². The molecule has 0 rings (SSSR count). The third kappa shape index (κ3) is 61.3. The van der Waals surface area contributed by atoms with Crippen molar-refractivity contribution in [3.05, 3.63) is 0 Å². The Bertz CT molecular complexity index is 999. The smallest absolute Gasteiger partial charge is 0.306 e. The average molecular weight is 1000 g/mol. The van der Waals surface area contributed by atoms with Crippen molar-refractivity contribution in [1.29, 1.82) is 0 Å². The molecule has 0 spiro atoms. The molecule has 0 aromatic rings. The van der Waals surface area contributed by atoms with Crippen LogP contribution in [0.4, 0.5) is 0 Å². The van der Waals surface area contributed by atoms with Crippen LogP contribution >= 0.6 is 0 Å². The molecule has 1 atom stereocenters. The van der Waals surface area contributed by atoms with Crippen LogP contribution < -0.4 is 0 Å². The van der Waals surface area contributed by atoms with Crippen LogP contribution in [0.3, 0.4) is 0 Å². The predicted molar refractivity (Wildman–Crippen MR) is 312 cm³/mol. The quantitative estimate of drug-likeness (QED) is 0.0485. The minimum absolute atomic E-state index is 0.0557. The summed E-state index contributed by atoms with van der Waals surface area (Å²) in [6.07, 6.45) is 78.6. The van der Waals surface area contributed by atoms with Crippen LogP contribution in [-0.4, -0.2) is 36.4 Å². The number of ether oxygens (including phenoxy) is 2. The van der Waals surface area contributed by atoms with Crippen molar-refractivity contribution in [3.63, 3.8) is 0 Å². The largest absolute Gasteiger partial charge is 0.462 e. The molecule has 0 aliphatic rings. The molecule has 0 saturated heterocycles. The lowest BCUT2D eigenvalue weighted by atomic mass is 10.0. The molecule has 0 amide bonds. The van der Waals surface area contributed by atoms with Gasteiger partial charge in [-0.25, -0.2) is 0 Å². The highest BCUT2D eigenvalue weighted by Gasteiger charge is 2.16. The van der Waals surface area contributed by atoms with Gasteiger partial charge in [-0.15, -0.1) is 0 Å². The van der Waals surface area contributed by atoms with Gasteiger partial charge in [0, 0.05) is 12.8 Å². The van der Waals surface area contributed by atoms with E-state index in [1.165, 1.54) is 334 Å². The molecule has 0 aliphatic carbocycles. The summed E-state index contributed by atoms with van der Waals surface area (Å²) in [5.41, 5.74) is 0. The Morgan fingerprint density at radius 3 is 0.620 bits per heavy atom. The number of hydrogen-bond donors (Lipinski definition) is 1. The predicted octanol–water partition coefficient (Wildman–Crippen LogP) is 22.5. The fourth-order valence-corrected chi connectivity index (χ4v) is 10.7. The average Bonchev–Trinajstić information content (AvgIpc) is 3.37. The number of hydrogen-bond acceptors (Lipinski definition) is 5. The normalized spacial score (nSPS) is 12.0. The first-order chi connectivity index (χ1) is 35.1. The molecule has 0 saturated carbocycles. The summed E-state index contributed by atoms with van der Waals surface area (Å²) in [5.74, 6) is -0.562. The van der Waals surface area contributed by atoms with Gasteiger partial charge in [0.1, 0.15) is 6.61 Å². The fraction of sp³-hybridized carbons (Fsp3) is 0.970. The molecule has 5 nitrogen and oxygen atoms in total. The molecule has 71 heavy (non-hydrogen) atoms. The molecular weight excluding hydrogens is 873 g/mol. The van der Waals surface area contributed by atoms with Gasteiger partial charge >= 0.3 is 11.9 Å². The standard InChI is InChI=1S/C66H130O5/c1-3-5-7-9-11-13-15-17-19-21-23-24-25-26-27-28-29-30-31-32-33-34-35-36-37-38-39-40-41-42-43-45-47-49-51-53-55-57-59-61-66(69)71-64(62-67)63-70-65(68)60-58-56-54-52-50-48-46-44-22-20-18-16-14-12-10-8-6-4-2/h64,67H,3-63H2,1-2H3. The summed E-state index contributed by atoms with van der Waals surface area (Å²) >= 11 is 0. The van der Waals surface area contributed by atoms with E-state index < -0.39 is 6.10 Å². The van der Waals surface area contributed by atoms with Crippen molar-refractivity contribution in [2.45, 2.75) is 399 Å². The molecule has 0 aliphatic heterocycles.